The summed E-state index contributed by atoms with van der Waals surface area (Å²) in [6.45, 7) is 2.46. The summed E-state index contributed by atoms with van der Waals surface area (Å²) < 4.78 is 11.6. The van der Waals surface area contributed by atoms with Gasteiger partial charge in [0.05, 0.1) is 13.7 Å². The van der Waals surface area contributed by atoms with Gasteiger partial charge in [0.15, 0.2) is 11.3 Å². The standard InChI is InChI=1S/C25H28N2O3/c1-29-23-11-5-9-19-15-20(30-25(19)23)17-26-14-13-22-21(26)10-6-12-24(28)27(22)16-18-7-3-2-4-8-18/h2-5,7-9,11,15,21-22H,6,10,12-14,16-17H2,1H3/t21-,22-/m1/s1. The minimum Gasteiger partial charge on any atom is -0.493 e. The van der Waals surface area contributed by atoms with Crippen molar-refractivity contribution in [3.63, 3.8) is 0 Å². The van der Waals surface area contributed by atoms with E-state index in [-0.39, 0.29) is 6.04 Å². The van der Waals surface area contributed by atoms with Gasteiger partial charge in [-0.05, 0) is 37.0 Å². The Bertz CT molecular complexity index is 1030. The first-order valence-electron chi connectivity index (χ1n) is 10.9. The van der Waals surface area contributed by atoms with Crippen LogP contribution in [0, 0.1) is 0 Å². The molecule has 2 aliphatic heterocycles. The second-order valence-electron chi connectivity index (χ2n) is 8.38. The molecule has 1 aromatic heterocycles. The van der Waals surface area contributed by atoms with Crippen LogP contribution in [-0.2, 0) is 17.9 Å². The molecule has 2 fully saturated rings. The van der Waals surface area contributed by atoms with Crippen molar-refractivity contribution in [1.29, 1.82) is 0 Å². The van der Waals surface area contributed by atoms with Gasteiger partial charge in [-0.15, -0.1) is 0 Å². The number of ether oxygens (including phenoxy) is 1. The Labute approximate surface area is 177 Å². The molecule has 5 heteroatoms. The van der Waals surface area contributed by atoms with E-state index in [1.807, 2.05) is 30.3 Å². The fourth-order valence-corrected chi connectivity index (χ4v) is 5.14. The number of para-hydroxylation sites is 1. The molecular weight excluding hydrogens is 376 g/mol. The number of amides is 1. The largest absolute Gasteiger partial charge is 0.493 e. The van der Waals surface area contributed by atoms with E-state index in [1.54, 1.807) is 7.11 Å². The van der Waals surface area contributed by atoms with Crippen molar-refractivity contribution in [3.8, 4) is 5.75 Å². The first kappa shape index (κ1) is 19.2. The molecule has 0 saturated carbocycles. The summed E-state index contributed by atoms with van der Waals surface area (Å²) in [4.78, 5) is 17.5. The second kappa shape index (κ2) is 8.15. The number of hydrogen-bond donors (Lipinski definition) is 0. The lowest BCUT2D eigenvalue weighted by Crippen LogP contribution is -2.45. The fourth-order valence-electron chi connectivity index (χ4n) is 5.14. The number of furan rings is 1. The van der Waals surface area contributed by atoms with Crippen LogP contribution in [0.4, 0.5) is 0 Å². The summed E-state index contributed by atoms with van der Waals surface area (Å²) in [5.41, 5.74) is 2.02. The van der Waals surface area contributed by atoms with Crippen molar-refractivity contribution in [2.45, 2.75) is 50.9 Å². The highest BCUT2D eigenvalue weighted by Crippen LogP contribution is 2.34. The highest BCUT2D eigenvalue weighted by atomic mass is 16.5. The molecular formula is C25H28N2O3. The maximum absolute atomic E-state index is 12.9. The summed E-state index contributed by atoms with van der Waals surface area (Å²) >= 11 is 0. The number of likely N-dealkylation sites (tertiary alicyclic amines) is 2. The third-order valence-electron chi connectivity index (χ3n) is 6.57. The molecule has 0 unspecified atom stereocenters. The lowest BCUT2D eigenvalue weighted by atomic mass is 10.0. The monoisotopic (exact) mass is 404 g/mol. The average molecular weight is 405 g/mol. The normalized spacial score (nSPS) is 22.3. The molecule has 1 amide bonds. The van der Waals surface area contributed by atoms with E-state index in [2.05, 4.69) is 34.1 Å². The van der Waals surface area contributed by atoms with E-state index in [0.717, 1.165) is 54.8 Å². The lowest BCUT2D eigenvalue weighted by Gasteiger charge is -2.33. The Morgan fingerprint density at radius 1 is 1.03 bits per heavy atom. The minimum absolute atomic E-state index is 0.277. The molecule has 3 heterocycles. The lowest BCUT2D eigenvalue weighted by molar-refractivity contribution is -0.133. The SMILES string of the molecule is COc1cccc2cc(CN3CC[C@@H]4[C@H]3CCCC(=O)N4Cc3ccccc3)oc12. The zero-order valence-electron chi connectivity index (χ0n) is 17.4. The number of methoxy groups -OCH3 is 1. The predicted octanol–water partition coefficient (Wildman–Crippen LogP) is 4.60. The molecule has 156 valence electrons. The minimum atomic E-state index is 0.277. The number of carbonyl (C=O) groups is 1. The van der Waals surface area contributed by atoms with Crippen LogP contribution in [-0.4, -0.2) is 41.4 Å². The second-order valence-corrected chi connectivity index (χ2v) is 8.38. The number of rotatable bonds is 5. The van der Waals surface area contributed by atoms with Gasteiger partial charge in [-0.1, -0.05) is 42.5 Å². The zero-order valence-corrected chi connectivity index (χ0v) is 17.4. The highest BCUT2D eigenvalue weighted by molar-refractivity contribution is 5.83. The van der Waals surface area contributed by atoms with Gasteiger partial charge >= 0.3 is 0 Å². The van der Waals surface area contributed by atoms with Crippen molar-refractivity contribution in [2.24, 2.45) is 0 Å². The van der Waals surface area contributed by atoms with Crippen molar-refractivity contribution in [1.82, 2.24) is 9.80 Å². The van der Waals surface area contributed by atoms with E-state index in [9.17, 15) is 4.79 Å². The molecule has 3 aromatic rings. The molecule has 2 saturated heterocycles. The molecule has 2 aromatic carbocycles. The van der Waals surface area contributed by atoms with Gasteiger partial charge in [0.2, 0.25) is 5.91 Å². The first-order chi connectivity index (χ1) is 14.7. The van der Waals surface area contributed by atoms with E-state index in [0.29, 0.717) is 24.9 Å². The molecule has 0 aliphatic carbocycles. The molecule has 2 atom stereocenters. The number of nitrogens with zero attached hydrogens (tertiary/aromatic N) is 2. The summed E-state index contributed by atoms with van der Waals surface area (Å²) in [5, 5.41) is 1.07. The summed E-state index contributed by atoms with van der Waals surface area (Å²) in [6, 6.07) is 19.1. The number of carbonyl (C=O) groups excluding carboxylic acids is 1. The summed E-state index contributed by atoms with van der Waals surface area (Å²) in [5.74, 6) is 2.02. The van der Waals surface area contributed by atoms with Crippen molar-refractivity contribution in [2.75, 3.05) is 13.7 Å². The molecule has 0 radical (unpaired) electrons. The summed E-state index contributed by atoms with van der Waals surface area (Å²) in [6.07, 6.45) is 3.68. The van der Waals surface area contributed by atoms with Crippen LogP contribution in [0.25, 0.3) is 11.0 Å². The van der Waals surface area contributed by atoms with Gasteiger partial charge in [0, 0.05) is 37.0 Å². The Morgan fingerprint density at radius 2 is 1.90 bits per heavy atom. The smallest absolute Gasteiger partial charge is 0.223 e. The van der Waals surface area contributed by atoms with Gasteiger partial charge in [-0.25, -0.2) is 0 Å². The van der Waals surface area contributed by atoms with E-state index >= 15 is 0 Å². The Balaban J connectivity index is 1.36. The van der Waals surface area contributed by atoms with Gasteiger partial charge in [0.1, 0.15) is 5.76 Å². The molecule has 5 nitrogen and oxygen atoms in total. The maximum Gasteiger partial charge on any atom is 0.223 e. The van der Waals surface area contributed by atoms with Crippen LogP contribution in [0.3, 0.4) is 0 Å². The predicted molar refractivity (Wildman–Crippen MR) is 116 cm³/mol. The van der Waals surface area contributed by atoms with Gasteiger partial charge in [-0.3, -0.25) is 9.69 Å². The Kier molecular flexibility index (Phi) is 5.21. The molecule has 5 rings (SSSR count). The van der Waals surface area contributed by atoms with Crippen LogP contribution in [0.15, 0.2) is 59.0 Å². The molecule has 0 spiro atoms. The zero-order chi connectivity index (χ0) is 20.5. The van der Waals surface area contributed by atoms with Gasteiger partial charge in [-0.2, -0.15) is 0 Å². The number of hydrogen-bond acceptors (Lipinski definition) is 4. The summed E-state index contributed by atoms with van der Waals surface area (Å²) in [7, 11) is 1.67. The van der Waals surface area contributed by atoms with Crippen LogP contribution in [0.2, 0.25) is 0 Å². The highest BCUT2D eigenvalue weighted by Gasteiger charge is 2.41. The first-order valence-corrected chi connectivity index (χ1v) is 10.9. The van der Waals surface area contributed by atoms with E-state index in [4.69, 9.17) is 9.15 Å². The van der Waals surface area contributed by atoms with Gasteiger partial charge < -0.3 is 14.1 Å². The Morgan fingerprint density at radius 3 is 2.73 bits per heavy atom. The van der Waals surface area contributed by atoms with Crippen LogP contribution in [0.1, 0.15) is 37.0 Å². The fraction of sp³-hybridized carbons (Fsp3) is 0.400. The van der Waals surface area contributed by atoms with Gasteiger partial charge in [0.25, 0.3) is 0 Å². The van der Waals surface area contributed by atoms with Crippen molar-refractivity contribution >= 4 is 16.9 Å². The molecule has 0 N–H and O–H groups in total. The Hall–Kier alpha value is -2.79. The van der Waals surface area contributed by atoms with Crippen LogP contribution >= 0.6 is 0 Å². The van der Waals surface area contributed by atoms with Crippen molar-refractivity contribution in [3.05, 3.63) is 65.9 Å². The van der Waals surface area contributed by atoms with E-state index < -0.39 is 0 Å². The molecule has 30 heavy (non-hydrogen) atoms. The number of fused-ring (bicyclic) bond motifs is 2. The van der Waals surface area contributed by atoms with Crippen molar-refractivity contribution < 1.29 is 13.9 Å². The topological polar surface area (TPSA) is 45.9 Å². The molecule has 0 bridgehead atoms. The molecule has 2 aliphatic rings. The number of benzene rings is 2. The third kappa shape index (κ3) is 3.58. The average Bonchev–Trinajstić information content (AvgIpc) is 3.32. The van der Waals surface area contributed by atoms with Crippen LogP contribution in [0.5, 0.6) is 5.75 Å². The quantitative estimate of drug-likeness (QED) is 0.624. The van der Waals surface area contributed by atoms with E-state index in [1.165, 1.54) is 5.56 Å². The van der Waals surface area contributed by atoms with Crippen LogP contribution < -0.4 is 4.74 Å². The third-order valence-corrected chi connectivity index (χ3v) is 6.57. The maximum atomic E-state index is 12.9.